The van der Waals surface area contributed by atoms with E-state index in [0.717, 1.165) is 36.0 Å². The second-order valence-corrected chi connectivity index (χ2v) is 4.45. The Balaban J connectivity index is 2.55. The maximum absolute atomic E-state index is 11.3. The van der Waals surface area contributed by atoms with Crippen LogP contribution < -0.4 is 4.90 Å². The highest BCUT2D eigenvalue weighted by Gasteiger charge is 2.12. The molecule has 0 aliphatic carbocycles. The third-order valence-corrected chi connectivity index (χ3v) is 3.00. The number of carbonyl (C=O) groups is 1. The molecular formula is C16H18N2O. The zero-order valence-corrected chi connectivity index (χ0v) is 11.2. The Kier molecular flexibility index (Phi) is 4.29. The van der Waals surface area contributed by atoms with E-state index in [1.165, 1.54) is 0 Å². The molecule has 0 radical (unpaired) electrons. The van der Waals surface area contributed by atoms with E-state index in [4.69, 9.17) is 0 Å². The standard InChI is InChI=1S/C16H18N2O/c1-3-9-18(10-4-2)16-14(12-19)11-13-7-5-6-8-15(13)17-16/h3,5-8,11-12H,1,4,9-10H2,2H3. The summed E-state index contributed by atoms with van der Waals surface area (Å²) in [5, 5.41) is 0.989. The van der Waals surface area contributed by atoms with Crippen molar-refractivity contribution in [3.63, 3.8) is 0 Å². The first kappa shape index (κ1) is 13.3. The van der Waals surface area contributed by atoms with Gasteiger partial charge in [0.25, 0.3) is 0 Å². The molecule has 0 unspecified atom stereocenters. The summed E-state index contributed by atoms with van der Waals surface area (Å²) in [6, 6.07) is 9.74. The van der Waals surface area contributed by atoms with Crippen molar-refractivity contribution in [3.05, 3.63) is 48.6 Å². The van der Waals surface area contributed by atoms with Crippen LogP contribution in [0.1, 0.15) is 23.7 Å². The van der Waals surface area contributed by atoms with Crippen molar-refractivity contribution in [1.29, 1.82) is 0 Å². The lowest BCUT2D eigenvalue weighted by molar-refractivity contribution is 0.112. The summed E-state index contributed by atoms with van der Waals surface area (Å²) in [5.74, 6) is 0.746. The molecule has 3 heteroatoms. The first-order chi connectivity index (χ1) is 9.30. The second kappa shape index (κ2) is 6.14. The van der Waals surface area contributed by atoms with Gasteiger partial charge in [0.15, 0.2) is 6.29 Å². The van der Waals surface area contributed by atoms with E-state index in [9.17, 15) is 4.79 Å². The molecule has 1 aromatic heterocycles. The van der Waals surface area contributed by atoms with Crippen LogP contribution in [0.25, 0.3) is 10.9 Å². The van der Waals surface area contributed by atoms with Crippen molar-refractivity contribution in [2.24, 2.45) is 0 Å². The fourth-order valence-corrected chi connectivity index (χ4v) is 2.17. The molecule has 19 heavy (non-hydrogen) atoms. The molecule has 2 aromatic rings. The molecule has 0 spiro atoms. The van der Waals surface area contributed by atoms with Gasteiger partial charge in [-0.1, -0.05) is 31.2 Å². The Morgan fingerprint density at radius 2 is 2.16 bits per heavy atom. The lowest BCUT2D eigenvalue weighted by Crippen LogP contribution is -2.26. The lowest BCUT2D eigenvalue weighted by Gasteiger charge is -2.23. The van der Waals surface area contributed by atoms with Gasteiger partial charge >= 0.3 is 0 Å². The van der Waals surface area contributed by atoms with Crippen LogP contribution in [0.4, 0.5) is 5.82 Å². The van der Waals surface area contributed by atoms with Crippen molar-refractivity contribution >= 4 is 23.0 Å². The highest BCUT2D eigenvalue weighted by molar-refractivity contribution is 5.91. The van der Waals surface area contributed by atoms with Crippen LogP contribution >= 0.6 is 0 Å². The van der Waals surface area contributed by atoms with Crippen molar-refractivity contribution in [3.8, 4) is 0 Å². The largest absolute Gasteiger partial charge is 0.352 e. The molecule has 3 nitrogen and oxygen atoms in total. The number of carbonyl (C=O) groups excluding carboxylic acids is 1. The summed E-state index contributed by atoms with van der Waals surface area (Å²) in [6.45, 7) is 7.43. The number of rotatable bonds is 6. The van der Waals surface area contributed by atoms with E-state index in [2.05, 4.69) is 23.4 Å². The van der Waals surface area contributed by atoms with Crippen molar-refractivity contribution in [2.45, 2.75) is 13.3 Å². The maximum Gasteiger partial charge on any atom is 0.153 e. The smallest absolute Gasteiger partial charge is 0.153 e. The average Bonchev–Trinajstić information content (AvgIpc) is 2.45. The first-order valence-electron chi connectivity index (χ1n) is 6.51. The molecule has 0 N–H and O–H groups in total. The molecule has 0 atom stereocenters. The Hall–Kier alpha value is -2.16. The zero-order valence-electron chi connectivity index (χ0n) is 11.2. The minimum atomic E-state index is 0.633. The lowest BCUT2D eigenvalue weighted by atomic mass is 10.1. The molecule has 1 heterocycles. The number of aldehydes is 1. The fraction of sp³-hybridized carbons (Fsp3) is 0.250. The number of nitrogens with zero attached hydrogens (tertiary/aromatic N) is 2. The van der Waals surface area contributed by atoms with Gasteiger partial charge in [0, 0.05) is 18.5 Å². The monoisotopic (exact) mass is 254 g/mol. The predicted molar refractivity (Wildman–Crippen MR) is 79.8 cm³/mol. The quantitative estimate of drug-likeness (QED) is 0.584. The van der Waals surface area contributed by atoms with Crippen LogP contribution in [0, 0.1) is 0 Å². The number of pyridine rings is 1. The summed E-state index contributed by atoms with van der Waals surface area (Å²) in [4.78, 5) is 18.0. The maximum atomic E-state index is 11.3. The number of aromatic nitrogens is 1. The van der Waals surface area contributed by atoms with E-state index in [0.29, 0.717) is 12.1 Å². The van der Waals surface area contributed by atoms with Gasteiger partial charge in [0.05, 0.1) is 11.1 Å². The molecule has 98 valence electrons. The third kappa shape index (κ3) is 2.81. The first-order valence-corrected chi connectivity index (χ1v) is 6.51. The van der Waals surface area contributed by atoms with E-state index in [1.54, 1.807) is 0 Å². The van der Waals surface area contributed by atoms with Gasteiger partial charge in [-0.15, -0.1) is 6.58 Å². The van der Waals surface area contributed by atoms with Crippen LogP contribution in [0.3, 0.4) is 0 Å². The third-order valence-electron chi connectivity index (χ3n) is 3.00. The van der Waals surface area contributed by atoms with Crippen LogP contribution in [0.5, 0.6) is 0 Å². The minimum Gasteiger partial charge on any atom is -0.352 e. The second-order valence-electron chi connectivity index (χ2n) is 4.45. The highest BCUT2D eigenvalue weighted by atomic mass is 16.1. The molecule has 0 aliphatic heterocycles. The minimum absolute atomic E-state index is 0.633. The summed E-state index contributed by atoms with van der Waals surface area (Å²) < 4.78 is 0. The Labute approximate surface area is 113 Å². The normalized spacial score (nSPS) is 10.4. The van der Waals surface area contributed by atoms with E-state index in [1.807, 2.05) is 36.4 Å². The summed E-state index contributed by atoms with van der Waals surface area (Å²) in [7, 11) is 0. The number of hydrogen-bond donors (Lipinski definition) is 0. The molecule has 0 bridgehead atoms. The number of anilines is 1. The zero-order chi connectivity index (χ0) is 13.7. The van der Waals surface area contributed by atoms with E-state index >= 15 is 0 Å². The van der Waals surface area contributed by atoms with Crippen LogP contribution in [-0.2, 0) is 0 Å². The van der Waals surface area contributed by atoms with Crippen LogP contribution in [0.2, 0.25) is 0 Å². The van der Waals surface area contributed by atoms with Crippen LogP contribution in [-0.4, -0.2) is 24.4 Å². The Morgan fingerprint density at radius 3 is 2.84 bits per heavy atom. The molecule has 0 aliphatic rings. The Morgan fingerprint density at radius 1 is 1.37 bits per heavy atom. The average molecular weight is 254 g/mol. The van der Waals surface area contributed by atoms with Gasteiger partial charge in [-0.2, -0.15) is 0 Å². The molecule has 0 fully saturated rings. The van der Waals surface area contributed by atoms with Gasteiger partial charge in [0.1, 0.15) is 5.82 Å². The van der Waals surface area contributed by atoms with Gasteiger partial charge in [-0.3, -0.25) is 4.79 Å². The number of hydrogen-bond acceptors (Lipinski definition) is 3. The summed E-state index contributed by atoms with van der Waals surface area (Å²) in [5.41, 5.74) is 1.54. The van der Waals surface area contributed by atoms with Crippen molar-refractivity contribution in [2.75, 3.05) is 18.0 Å². The summed E-state index contributed by atoms with van der Waals surface area (Å²) >= 11 is 0. The van der Waals surface area contributed by atoms with Crippen molar-refractivity contribution < 1.29 is 4.79 Å². The number of benzene rings is 1. The number of fused-ring (bicyclic) bond motifs is 1. The number of para-hydroxylation sites is 1. The molecule has 0 saturated carbocycles. The molecule has 1 aromatic carbocycles. The van der Waals surface area contributed by atoms with Gasteiger partial charge < -0.3 is 4.90 Å². The summed E-state index contributed by atoms with van der Waals surface area (Å²) in [6.07, 6.45) is 3.71. The molecule has 0 amide bonds. The van der Waals surface area contributed by atoms with Gasteiger partial charge in [-0.25, -0.2) is 4.98 Å². The Bertz CT molecular complexity index is 592. The molecular weight excluding hydrogens is 236 g/mol. The van der Waals surface area contributed by atoms with E-state index < -0.39 is 0 Å². The van der Waals surface area contributed by atoms with E-state index in [-0.39, 0.29) is 0 Å². The van der Waals surface area contributed by atoms with Crippen molar-refractivity contribution in [1.82, 2.24) is 4.98 Å². The van der Waals surface area contributed by atoms with Crippen LogP contribution in [0.15, 0.2) is 43.0 Å². The molecule has 0 saturated heterocycles. The SMILES string of the molecule is C=CCN(CCC)c1nc2ccccc2cc1C=O. The van der Waals surface area contributed by atoms with Gasteiger partial charge in [-0.05, 0) is 18.6 Å². The topological polar surface area (TPSA) is 33.2 Å². The fourth-order valence-electron chi connectivity index (χ4n) is 2.17. The van der Waals surface area contributed by atoms with Gasteiger partial charge in [0.2, 0.25) is 0 Å². The predicted octanol–water partition coefficient (Wildman–Crippen LogP) is 3.45. The highest BCUT2D eigenvalue weighted by Crippen LogP contribution is 2.22. The molecule has 2 rings (SSSR count).